The second kappa shape index (κ2) is 4.54. The summed E-state index contributed by atoms with van der Waals surface area (Å²) in [6, 6.07) is 5.85. The van der Waals surface area contributed by atoms with Gasteiger partial charge < -0.3 is 5.73 Å². The number of nitrogens with zero attached hydrogens (tertiary/aromatic N) is 3. The number of nitrogens with two attached hydrogens (primary N) is 1. The molecule has 100 valence electrons. The summed E-state index contributed by atoms with van der Waals surface area (Å²) < 4.78 is 37.6. The van der Waals surface area contributed by atoms with Crippen molar-refractivity contribution in [2.75, 3.05) is 5.73 Å². The number of carbonyl (C=O) groups excluding carboxylic acids is 1. The highest BCUT2D eigenvalue weighted by Gasteiger charge is 2.37. The van der Waals surface area contributed by atoms with Gasteiger partial charge in [-0.1, -0.05) is 23.7 Å². The fourth-order valence-corrected chi connectivity index (χ4v) is 1.56. The van der Waals surface area contributed by atoms with Crippen LogP contribution in [0.1, 0.15) is 16.2 Å². The predicted octanol–water partition coefficient (Wildman–Crippen LogP) is 2.22. The van der Waals surface area contributed by atoms with Gasteiger partial charge in [0.1, 0.15) is 0 Å². The van der Waals surface area contributed by atoms with Crippen LogP contribution in [0.15, 0.2) is 24.3 Å². The topological polar surface area (TPSA) is 73.8 Å². The van der Waals surface area contributed by atoms with Crippen molar-refractivity contribution in [3.63, 3.8) is 0 Å². The maximum Gasteiger partial charge on any atom is 0.453 e. The van der Waals surface area contributed by atoms with Gasteiger partial charge >= 0.3 is 6.18 Å². The smallest absolute Gasteiger partial charge is 0.368 e. The molecule has 1 heterocycles. The summed E-state index contributed by atoms with van der Waals surface area (Å²) in [5, 5.41) is 3.13. The third-order valence-corrected chi connectivity index (χ3v) is 2.51. The standard InChI is InChI=1S/C10H6ClF3N4O/c11-6-4-2-1-3-5(6)7(19)18-9(15)16-8(17-18)10(12,13)14/h1-4H,(H2,15,16,17). The number of nitrogen functional groups attached to an aromatic ring is 1. The summed E-state index contributed by atoms with van der Waals surface area (Å²) >= 11 is 5.77. The molecule has 0 amide bonds. The zero-order chi connectivity index (χ0) is 14.2. The van der Waals surface area contributed by atoms with E-state index < -0.39 is 23.9 Å². The van der Waals surface area contributed by atoms with E-state index in [2.05, 4.69) is 10.1 Å². The van der Waals surface area contributed by atoms with Gasteiger partial charge in [-0.05, 0) is 12.1 Å². The van der Waals surface area contributed by atoms with Gasteiger partial charge in [-0.3, -0.25) is 4.79 Å². The number of hydrogen-bond donors (Lipinski definition) is 1. The van der Waals surface area contributed by atoms with Gasteiger partial charge in [0.25, 0.3) is 11.7 Å². The number of anilines is 1. The molecular formula is C10H6ClF3N4O. The maximum atomic E-state index is 12.4. The molecule has 0 aliphatic rings. The third-order valence-electron chi connectivity index (χ3n) is 2.18. The lowest BCUT2D eigenvalue weighted by Crippen LogP contribution is -2.17. The Morgan fingerprint density at radius 3 is 2.47 bits per heavy atom. The molecule has 0 spiro atoms. The summed E-state index contributed by atoms with van der Waals surface area (Å²) in [6.07, 6.45) is -4.78. The summed E-state index contributed by atoms with van der Waals surface area (Å²) in [5.41, 5.74) is 5.23. The van der Waals surface area contributed by atoms with Gasteiger partial charge in [-0.25, -0.2) is 0 Å². The molecule has 0 bridgehead atoms. The first kappa shape index (κ1) is 13.3. The quantitative estimate of drug-likeness (QED) is 0.874. The van der Waals surface area contributed by atoms with Crippen LogP contribution in [0.2, 0.25) is 5.02 Å². The first-order valence-electron chi connectivity index (χ1n) is 4.89. The molecular weight excluding hydrogens is 285 g/mol. The number of carbonyl (C=O) groups is 1. The Hall–Kier alpha value is -2.09. The molecule has 0 fully saturated rings. The van der Waals surface area contributed by atoms with Crippen LogP contribution in [0.4, 0.5) is 19.1 Å². The van der Waals surface area contributed by atoms with Crippen LogP contribution in [-0.2, 0) is 6.18 Å². The minimum absolute atomic E-state index is 0.0190. The van der Waals surface area contributed by atoms with Crippen molar-refractivity contribution in [3.05, 3.63) is 40.7 Å². The zero-order valence-electron chi connectivity index (χ0n) is 9.15. The Morgan fingerprint density at radius 2 is 1.95 bits per heavy atom. The largest absolute Gasteiger partial charge is 0.453 e. The van der Waals surface area contributed by atoms with E-state index in [9.17, 15) is 18.0 Å². The zero-order valence-corrected chi connectivity index (χ0v) is 9.90. The molecule has 19 heavy (non-hydrogen) atoms. The molecule has 0 aliphatic carbocycles. The molecule has 1 aromatic carbocycles. The Bertz CT molecular complexity index is 638. The Balaban J connectivity index is 2.46. The SMILES string of the molecule is Nc1nc(C(F)(F)F)nn1C(=O)c1ccccc1Cl. The van der Waals surface area contributed by atoms with Gasteiger partial charge in [0, 0.05) is 0 Å². The van der Waals surface area contributed by atoms with Crippen molar-refractivity contribution in [1.82, 2.24) is 14.8 Å². The van der Waals surface area contributed by atoms with Crippen LogP contribution >= 0.6 is 11.6 Å². The van der Waals surface area contributed by atoms with Crippen molar-refractivity contribution in [1.29, 1.82) is 0 Å². The number of rotatable bonds is 1. The van der Waals surface area contributed by atoms with Crippen molar-refractivity contribution in [2.45, 2.75) is 6.18 Å². The summed E-state index contributed by atoms with van der Waals surface area (Å²) in [4.78, 5) is 15.0. The molecule has 0 radical (unpaired) electrons. The first-order chi connectivity index (χ1) is 8.80. The van der Waals surface area contributed by atoms with Crippen molar-refractivity contribution in [2.24, 2.45) is 0 Å². The number of aromatic nitrogens is 3. The molecule has 0 atom stereocenters. The minimum Gasteiger partial charge on any atom is -0.368 e. The second-order valence-corrected chi connectivity index (χ2v) is 3.90. The van der Waals surface area contributed by atoms with E-state index >= 15 is 0 Å². The van der Waals surface area contributed by atoms with Gasteiger partial charge in [-0.15, -0.1) is 5.10 Å². The molecule has 5 nitrogen and oxygen atoms in total. The molecule has 0 aliphatic heterocycles. The van der Waals surface area contributed by atoms with Crippen molar-refractivity contribution in [3.8, 4) is 0 Å². The maximum absolute atomic E-state index is 12.4. The van der Waals surface area contributed by atoms with E-state index in [1.165, 1.54) is 18.2 Å². The second-order valence-electron chi connectivity index (χ2n) is 3.49. The van der Waals surface area contributed by atoms with Crippen LogP contribution < -0.4 is 5.73 Å². The molecule has 0 saturated heterocycles. The number of hydrogen-bond acceptors (Lipinski definition) is 4. The van der Waals surface area contributed by atoms with E-state index in [4.69, 9.17) is 17.3 Å². The third kappa shape index (κ3) is 2.53. The van der Waals surface area contributed by atoms with Gasteiger partial charge in [-0.2, -0.15) is 22.8 Å². The molecule has 0 saturated carbocycles. The van der Waals surface area contributed by atoms with Crippen molar-refractivity contribution >= 4 is 23.5 Å². The highest BCUT2D eigenvalue weighted by molar-refractivity contribution is 6.33. The van der Waals surface area contributed by atoms with E-state index in [0.29, 0.717) is 4.68 Å². The molecule has 1 aromatic heterocycles. The highest BCUT2D eigenvalue weighted by atomic mass is 35.5. The van der Waals surface area contributed by atoms with E-state index in [-0.39, 0.29) is 10.6 Å². The lowest BCUT2D eigenvalue weighted by atomic mass is 10.2. The monoisotopic (exact) mass is 290 g/mol. The number of halogens is 4. The Kier molecular flexibility index (Phi) is 3.19. The van der Waals surface area contributed by atoms with E-state index in [1.807, 2.05) is 0 Å². The number of benzene rings is 1. The predicted molar refractivity (Wildman–Crippen MR) is 60.6 cm³/mol. The molecule has 2 aromatic rings. The molecule has 2 rings (SSSR count). The summed E-state index contributed by atoms with van der Waals surface area (Å²) in [5.74, 6) is -3.02. The first-order valence-corrected chi connectivity index (χ1v) is 5.27. The van der Waals surface area contributed by atoms with Crippen LogP contribution in [0, 0.1) is 0 Å². The van der Waals surface area contributed by atoms with Crippen LogP contribution in [0.3, 0.4) is 0 Å². The van der Waals surface area contributed by atoms with Crippen molar-refractivity contribution < 1.29 is 18.0 Å². The lowest BCUT2D eigenvalue weighted by molar-refractivity contribution is -0.144. The molecule has 9 heteroatoms. The summed E-state index contributed by atoms with van der Waals surface area (Å²) in [7, 11) is 0. The molecule has 2 N–H and O–H groups in total. The van der Waals surface area contributed by atoms with Crippen LogP contribution in [-0.4, -0.2) is 20.7 Å². The highest BCUT2D eigenvalue weighted by Crippen LogP contribution is 2.27. The van der Waals surface area contributed by atoms with Gasteiger partial charge in [0.05, 0.1) is 10.6 Å². The normalized spacial score (nSPS) is 11.6. The average Bonchev–Trinajstić information content (AvgIpc) is 2.71. The van der Waals surface area contributed by atoms with Crippen LogP contribution in [0.25, 0.3) is 0 Å². The lowest BCUT2D eigenvalue weighted by Gasteiger charge is -2.03. The van der Waals surface area contributed by atoms with E-state index in [1.54, 1.807) is 6.07 Å². The summed E-state index contributed by atoms with van der Waals surface area (Å²) in [6.45, 7) is 0. The fraction of sp³-hybridized carbons (Fsp3) is 0.100. The number of alkyl halides is 3. The average molecular weight is 291 g/mol. The minimum atomic E-state index is -4.78. The van der Waals surface area contributed by atoms with Crippen LogP contribution in [0.5, 0.6) is 0 Å². The Labute approximate surface area is 109 Å². The Morgan fingerprint density at radius 1 is 1.32 bits per heavy atom. The van der Waals surface area contributed by atoms with Gasteiger partial charge in [0.2, 0.25) is 5.95 Å². The van der Waals surface area contributed by atoms with E-state index in [0.717, 1.165) is 0 Å². The molecule has 0 unspecified atom stereocenters. The van der Waals surface area contributed by atoms with Gasteiger partial charge in [0.15, 0.2) is 0 Å². The fourth-order valence-electron chi connectivity index (χ4n) is 1.34.